The first-order valence-electron chi connectivity index (χ1n) is 19.9. The topological polar surface area (TPSA) is 142 Å². The highest BCUT2D eigenvalue weighted by atomic mass is 16.5. The number of nitrogens with one attached hydrogen (secondary N) is 2. The molecule has 0 bridgehead atoms. The second-order valence-electron chi connectivity index (χ2n) is 13.8. The van der Waals surface area contributed by atoms with Crippen molar-refractivity contribution in [1.29, 1.82) is 0 Å². The van der Waals surface area contributed by atoms with Gasteiger partial charge in [0, 0.05) is 6.42 Å². The number of unbranched alkanes of at least 4 members (excludes halogenated alkanes) is 24. The molecule has 0 aromatic rings. The van der Waals surface area contributed by atoms with E-state index in [2.05, 4.69) is 24.5 Å². The Morgan fingerprint density at radius 3 is 1.35 bits per heavy atom. The molecule has 0 rings (SSSR count). The minimum atomic E-state index is -1.43. The van der Waals surface area contributed by atoms with Gasteiger partial charge < -0.3 is 25.6 Å². The number of carbonyl (C=O) groups is 4. The summed E-state index contributed by atoms with van der Waals surface area (Å²) in [5.41, 5.74) is 0. The van der Waals surface area contributed by atoms with Crippen molar-refractivity contribution in [2.75, 3.05) is 13.2 Å². The Bertz CT molecular complexity index is 792. The number of aliphatic hydroxyl groups is 1. The molecule has 0 heterocycles. The SMILES string of the molecule is CCCCCCCCCCCCCCCC(=O)OC(CCCCCCCCCCCCCCC)CC(=O)NCC(=O)N[C@@H](CO)C(=O)O. The summed E-state index contributed by atoms with van der Waals surface area (Å²) in [5, 5.41) is 22.7. The molecule has 0 aliphatic carbocycles. The summed E-state index contributed by atoms with van der Waals surface area (Å²) >= 11 is 0. The van der Waals surface area contributed by atoms with Gasteiger partial charge in [0.05, 0.1) is 19.6 Å². The summed E-state index contributed by atoms with van der Waals surface area (Å²) in [7, 11) is 0. The second kappa shape index (κ2) is 34.7. The zero-order valence-electron chi connectivity index (χ0n) is 31.0. The molecular formula is C39H74N2O7. The molecule has 0 aromatic carbocycles. The lowest BCUT2D eigenvalue weighted by molar-refractivity contribution is -0.151. The van der Waals surface area contributed by atoms with E-state index in [-0.39, 0.29) is 12.4 Å². The maximum atomic E-state index is 12.7. The van der Waals surface area contributed by atoms with Crippen molar-refractivity contribution < 1.29 is 34.1 Å². The third-order valence-electron chi connectivity index (χ3n) is 9.09. The van der Waals surface area contributed by atoms with Crippen LogP contribution < -0.4 is 10.6 Å². The van der Waals surface area contributed by atoms with E-state index in [0.29, 0.717) is 12.8 Å². The van der Waals surface area contributed by atoms with Crippen LogP contribution in [-0.4, -0.2) is 59.3 Å². The largest absolute Gasteiger partial charge is 0.480 e. The molecule has 0 radical (unpaired) electrons. The van der Waals surface area contributed by atoms with Crippen LogP contribution in [-0.2, 0) is 23.9 Å². The number of ether oxygens (including phenoxy) is 1. The number of hydrogen-bond donors (Lipinski definition) is 4. The van der Waals surface area contributed by atoms with Crippen molar-refractivity contribution in [3.63, 3.8) is 0 Å². The summed E-state index contributed by atoms with van der Waals surface area (Å²) in [6.45, 7) is 3.34. The molecule has 0 aliphatic rings. The van der Waals surface area contributed by atoms with Crippen LogP contribution >= 0.6 is 0 Å². The highest BCUT2D eigenvalue weighted by molar-refractivity contribution is 5.88. The van der Waals surface area contributed by atoms with Gasteiger partial charge in [0.25, 0.3) is 0 Å². The lowest BCUT2D eigenvalue weighted by atomic mass is 10.0. The Hall–Kier alpha value is -2.16. The summed E-state index contributed by atoms with van der Waals surface area (Å²) in [6, 6.07) is -1.43. The Morgan fingerprint density at radius 2 is 0.958 bits per heavy atom. The molecule has 2 amide bonds. The van der Waals surface area contributed by atoms with Crippen molar-refractivity contribution in [2.45, 2.75) is 212 Å². The van der Waals surface area contributed by atoms with E-state index in [1.54, 1.807) is 0 Å². The molecule has 0 saturated carbocycles. The molecule has 4 N–H and O–H groups in total. The average Bonchev–Trinajstić information content (AvgIpc) is 3.06. The number of aliphatic carboxylic acids is 1. The van der Waals surface area contributed by atoms with Crippen LogP contribution in [0.25, 0.3) is 0 Å². The molecule has 9 heteroatoms. The van der Waals surface area contributed by atoms with Gasteiger partial charge in [0.2, 0.25) is 11.8 Å². The molecule has 0 saturated heterocycles. The van der Waals surface area contributed by atoms with Gasteiger partial charge in [-0.25, -0.2) is 4.79 Å². The minimum absolute atomic E-state index is 0.0434. The average molecular weight is 683 g/mol. The van der Waals surface area contributed by atoms with Crippen molar-refractivity contribution >= 4 is 23.8 Å². The summed E-state index contributed by atoms with van der Waals surface area (Å²) in [5.74, 6) is -2.78. The van der Waals surface area contributed by atoms with Crippen LogP contribution in [0.5, 0.6) is 0 Å². The van der Waals surface area contributed by atoms with Crippen molar-refractivity contribution in [1.82, 2.24) is 10.6 Å². The zero-order chi connectivity index (χ0) is 35.5. The van der Waals surface area contributed by atoms with Gasteiger partial charge in [-0.15, -0.1) is 0 Å². The van der Waals surface area contributed by atoms with E-state index in [4.69, 9.17) is 14.9 Å². The molecule has 1 unspecified atom stereocenters. The smallest absolute Gasteiger partial charge is 0.328 e. The number of aliphatic hydroxyl groups excluding tert-OH is 1. The maximum absolute atomic E-state index is 12.7. The van der Waals surface area contributed by atoms with E-state index in [9.17, 15) is 19.2 Å². The molecular weight excluding hydrogens is 608 g/mol. The highest BCUT2D eigenvalue weighted by Crippen LogP contribution is 2.17. The molecule has 0 aromatic heterocycles. The fourth-order valence-corrected chi connectivity index (χ4v) is 6.01. The second-order valence-corrected chi connectivity index (χ2v) is 13.8. The van der Waals surface area contributed by atoms with E-state index in [1.807, 2.05) is 0 Å². The summed E-state index contributed by atoms with van der Waals surface area (Å²) < 4.78 is 5.74. The summed E-state index contributed by atoms with van der Waals surface area (Å²) in [4.78, 5) is 48.3. The number of hydrogen-bond acceptors (Lipinski definition) is 6. The normalized spacial score (nSPS) is 12.4. The number of carboxylic acid groups (broad SMARTS) is 1. The van der Waals surface area contributed by atoms with Crippen LogP contribution in [0.15, 0.2) is 0 Å². The zero-order valence-corrected chi connectivity index (χ0v) is 31.0. The Kier molecular flexibility index (Phi) is 33.1. The first kappa shape index (κ1) is 45.8. The van der Waals surface area contributed by atoms with E-state index in [0.717, 1.165) is 38.5 Å². The highest BCUT2D eigenvalue weighted by Gasteiger charge is 2.21. The lowest BCUT2D eigenvalue weighted by Gasteiger charge is -2.18. The number of rotatable bonds is 36. The first-order valence-corrected chi connectivity index (χ1v) is 19.9. The number of amides is 2. The standard InChI is InChI=1S/C39H74N2O7/c1-3-5-7-9-11-13-15-17-19-21-23-25-27-29-34(31-36(43)40-32-37(44)41-35(33-42)39(46)47)48-38(45)30-28-26-24-22-20-18-16-14-12-10-8-6-4-2/h34-35,42H,3-33H2,1-2H3,(H,40,43)(H,41,44)(H,46,47)/t34?,35-/m0/s1. The van der Waals surface area contributed by atoms with Gasteiger partial charge in [-0.1, -0.05) is 168 Å². The van der Waals surface area contributed by atoms with Crippen LogP contribution in [0.3, 0.4) is 0 Å². The van der Waals surface area contributed by atoms with Crippen LogP contribution in [0.1, 0.15) is 200 Å². The minimum Gasteiger partial charge on any atom is -0.480 e. The number of esters is 1. The van der Waals surface area contributed by atoms with Crippen molar-refractivity contribution in [2.24, 2.45) is 0 Å². The monoisotopic (exact) mass is 683 g/mol. The maximum Gasteiger partial charge on any atom is 0.328 e. The number of carbonyl (C=O) groups excluding carboxylic acids is 3. The summed E-state index contributed by atoms with van der Waals surface area (Å²) in [6.07, 6.45) is 32.5. The molecule has 0 aliphatic heterocycles. The van der Waals surface area contributed by atoms with E-state index in [1.165, 1.54) is 128 Å². The molecule has 48 heavy (non-hydrogen) atoms. The Balaban J connectivity index is 4.37. The van der Waals surface area contributed by atoms with Crippen LogP contribution in [0.2, 0.25) is 0 Å². The third kappa shape index (κ3) is 31.1. The van der Waals surface area contributed by atoms with Crippen LogP contribution in [0.4, 0.5) is 0 Å². The molecule has 2 atom stereocenters. The Labute approximate surface area is 293 Å². The van der Waals surface area contributed by atoms with Crippen LogP contribution in [0, 0.1) is 0 Å². The first-order chi connectivity index (χ1) is 23.3. The molecule has 0 spiro atoms. The van der Waals surface area contributed by atoms with Gasteiger partial charge in [-0.05, 0) is 19.3 Å². The van der Waals surface area contributed by atoms with Gasteiger partial charge in [0.15, 0.2) is 0 Å². The third-order valence-corrected chi connectivity index (χ3v) is 9.09. The fraction of sp³-hybridized carbons (Fsp3) is 0.897. The Morgan fingerprint density at radius 1 is 0.562 bits per heavy atom. The molecule has 9 nitrogen and oxygen atoms in total. The predicted molar refractivity (Wildman–Crippen MR) is 195 cm³/mol. The predicted octanol–water partition coefficient (Wildman–Crippen LogP) is 8.93. The quantitative estimate of drug-likeness (QED) is 0.0382. The number of carboxylic acids is 1. The van der Waals surface area contributed by atoms with Gasteiger partial charge in [-0.3, -0.25) is 14.4 Å². The molecule has 0 fully saturated rings. The van der Waals surface area contributed by atoms with Crippen molar-refractivity contribution in [3.05, 3.63) is 0 Å². The van der Waals surface area contributed by atoms with Gasteiger partial charge >= 0.3 is 11.9 Å². The van der Waals surface area contributed by atoms with Gasteiger partial charge in [-0.2, -0.15) is 0 Å². The fourth-order valence-electron chi connectivity index (χ4n) is 6.01. The molecule has 282 valence electrons. The van der Waals surface area contributed by atoms with E-state index >= 15 is 0 Å². The van der Waals surface area contributed by atoms with Crippen molar-refractivity contribution in [3.8, 4) is 0 Å². The van der Waals surface area contributed by atoms with E-state index < -0.39 is 43.1 Å². The van der Waals surface area contributed by atoms with Gasteiger partial charge in [0.1, 0.15) is 12.1 Å². The lowest BCUT2D eigenvalue weighted by Crippen LogP contribution is -2.47.